The number of methoxy groups -OCH3 is 1. The molecule has 0 atom stereocenters. The van der Waals surface area contributed by atoms with Gasteiger partial charge in [-0.2, -0.15) is 0 Å². The average molecular weight is 345 g/mol. The Labute approximate surface area is 144 Å². The van der Waals surface area contributed by atoms with Gasteiger partial charge in [-0.3, -0.25) is 4.72 Å². The van der Waals surface area contributed by atoms with Crippen molar-refractivity contribution in [2.75, 3.05) is 11.8 Å². The minimum atomic E-state index is -3.59. The van der Waals surface area contributed by atoms with Crippen LogP contribution in [0.15, 0.2) is 35.7 Å². The molecule has 0 bridgehead atoms. The molecule has 4 nitrogen and oxygen atoms in total. The number of anilines is 1. The summed E-state index contributed by atoms with van der Waals surface area (Å²) in [5, 5.41) is 1.21. The highest BCUT2D eigenvalue weighted by molar-refractivity contribution is 7.95. The molecule has 128 valence electrons. The number of sulfonamides is 1. The lowest BCUT2D eigenvalue weighted by Gasteiger charge is -2.10. The molecule has 0 aromatic heterocycles. The van der Waals surface area contributed by atoms with Crippen LogP contribution in [0.1, 0.15) is 27.8 Å². The Morgan fingerprint density at radius 3 is 2.12 bits per heavy atom. The molecule has 0 radical (unpaired) electrons. The highest BCUT2D eigenvalue weighted by Gasteiger charge is 2.09. The number of aryl methyl sites for hydroxylation is 4. The predicted molar refractivity (Wildman–Crippen MR) is 100.0 cm³/mol. The zero-order chi connectivity index (χ0) is 17.9. The van der Waals surface area contributed by atoms with Crippen molar-refractivity contribution in [3.63, 3.8) is 0 Å². The first-order valence-electron chi connectivity index (χ1n) is 7.65. The Kier molecular flexibility index (Phi) is 5.34. The van der Waals surface area contributed by atoms with E-state index in [4.69, 9.17) is 4.74 Å². The Bertz CT molecular complexity index is 860. The normalized spacial score (nSPS) is 11.7. The van der Waals surface area contributed by atoms with E-state index >= 15 is 0 Å². The molecule has 0 aliphatic rings. The topological polar surface area (TPSA) is 55.4 Å². The number of hydrogen-bond acceptors (Lipinski definition) is 3. The molecule has 0 spiro atoms. The summed E-state index contributed by atoms with van der Waals surface area (Å²) in [5.74, 6) is 0.692. The third-order valence-electron chi connectivity index (χ3n) is 3.84. The second kappa shape index (κ2) is 7.09. The fourth-order valence-electron chi connectivity index (χ4n) is 2.68. The Balaban J connectivity index is 2.26. The molecular weight excluding hydrogens is 322 g/mol. The van der Waals surface area contributed by atoms with Gasteiger partial charge in [0.1, 0.15) is 5.75 Å². The first-order chi connectivity index (χ1) is 11.2. The molecule has 0 aliphatic carbocycles. The van der Waals surface area contributed by atoms with Gasteiger partial charge < -0.3 is 4.74 Å². The molecule has 0 unspecified atom stereocenters. The van der Waals surface area contributed by atoms with Crippen LogP contribution in [0, 0.1) is 27.7 Å². The summed E-state index contributed by atoms with van der Waals surface area (Å²) in [5.41, 5.74) is 5.54. The Morgan fingerprint density at radius 1 is 0.958 bits per heavy atom. The van der Waals surface area contributed by atoms with Crippen molar-refractivity contribution in [1.29, 1.82) is 0 Å². The van der Waals surface area contributed by atoms with E-state index in [0.29, 0.717) is 11.4 Å². The molecule has 5 heteroatoms. The highest BCUT2D eigenvalue weighted by atomic mass is 32.2. The monoisotopic (exact) mass is 345 g/mol. The number of benzene rings is 2. The highest BCUT2D eigenvalue weighted by Crippen LogP contribution is 2.23. The maximum atomic E-state index is 12.3. The minimum absolute atomic E-state index is 0.540. The van der Waals surface area contributed by atoms with Crippen molar-refractivity contribution in [2.24, 2.45) is 0 Å². The van der Waals surface area contributed by atoms with Gasteiger partial charge in [0.25, 0.3) is 10.0 Å². The van der Waals surface area contributed by atoms with Crippen molar-refractivity contribution in [3.8, 4) is 5.75 Å². The fraction of sp³-hybridized carbons (Fsp3) is 0.263. The van der Waals surface area contributed by atoms with Crippen LogP contribution >= 0.6 is 0 Å². The van der Waals surface area contributed by atoms with Crippen LogP contribution < -0.4 is 9.46 Å². The van der Waals surface area contributed by atoms with E-state index < -0.39 is 10.0 Å². The van der Waals surface area contributed by atoms with Crippen LogP contribution in [0.2, 0.25) is 0 Å². The van der Waals surface area contributed by atoms with Crippen molar-refractivity contribution in [3.05, 3.63) is 63.6 Å². The van der Waals surface area contributed by atoms with Crippen molar-refractivity contribution >= 4 is 21.8 Å². The van der Waals surface area contributed by atoms with Gasteiger partial charge in [0.15, 0.2) is 0 Å². The van der Waals surface area contributed by atoms with E-state index in [1.165, 1.54) is 5.41 Å². The van der Waals surface area contributed by atoms with Gasteiger partial charge in [-0.1, -0.05) is 17.7 Å². The lowest BCUT2D eigenvalue weighted by atomic mass is 10.0. The quantitative estimate of drug-likeness (QED) is 0.877. The summed E-state index contributed by atoms with van der Waals surface area (Å²) < 4.78 is 32.4. The predicted octanol–water partition coefficient (Wildman–Crippen LogP) is 4.34. The standard InChI is InChI=1S/C19H23NO3S/c1-13-10-14(2)18(15(3)11-13)8-9-24(21,22)20-19-7-6-17(23-5)12-16(19)4/h6-12,20H,1-5H3/b9-8+. The lowest BCUT2D eigenvalue weighted by molar-refractivity contribution is 0.414. The summed E-state index contributed by atoms with van der Waals surface area (Å²) in [6.45, 7) is 7.82. The number of rotatable bonds is 5. The van der Waals surface area contributed by atoms with Gasteiger partial charge in [0.05, 0.1) is 18.2 Å². The average Bonchev–Trinajstić information content (AvgIpc) is 2.48. The Morgan fingerprint density at radius 2 is 1.58 bits per heavy atom. The van der Waals surface area contributed by atoms with E-state index in [-0.39, 0.29) is 0 Å². The lowest BCUT2D eigenvalue weighted by Crippen LogP contribution is -2.10. The summed E-state index contributed by atoms with van der Waals surface area (Å²) in [6, 6.07) is 9.29. The smallest absolute Gasteiger partial charge is 0.255 e. The molecule has 0 amide bonds. The van der Waals surface area contributed by atoms with E-state index in [9.17, 15) is 8.42 Å². The maximum absolute atomic E-state index is 12.3. The molecule has 2 aromatic carbocycles. The van der Waals surface area contributed by atoms with E-state index in [1.807, 2.05) is 39.8 Å². The molecule has 0 saturated heterocycles. The van der Waals surface area contributed by atoms with Crippen molar-refractivity contribution in [1.82, 2.24) is 0 Å². The number of nitrogens with one attached hydrogen (secondary N) is 1. The minimum Gasteiger partial charge on any atom is -0.497 e. The summed E-state index contributed by atoms with van der Waals surface area (Å²) in [6.07, 6.45) is 1.64. The van der Waals surface area contributed by atoms with E-state index in [1.54, 1.807) is 31.4 Å². The second-order valence-corrected chi connectivity index (χ2v) is 7.51. The number of hydrogen-bond donors (Lipinski definition) is 1. The number of ether oxygens (including phenoxy) is 1. The van der Waals surface area contributed by atoms with Crippen molar-refractivity contribution < 1.29 is 13.2 Å². The van der Waals surface area contributed by atoms with E-state index in [0.717, 1.165) is 27.8 Å². The maximum Gasteiger partial charge on any atom is 0.255 e. The largest absolute Gasteiger partial charge is 0.497 e. The third kappa shape index (κ3) is 4.38. The van der Waals surface area contributed by atoms with Crippen LogP contribution in [-0.4, -0.2) is 15.5 Å². The van der Waals surface area contributed by atoms with E-state index in [2.05, 4.69) is 4.72 Å². The van der Waals surface area contributed by atoms with Crippen LogP contribution in [0.5, 0.6) is 5.75 Å². The first-order valence-corrected chi connectivity index (χ1v) is 9.20. The van der Waals surface area contributed by atoms with Gasteiger partial charge in [-0.15, -0.1) is 0 Å². The molecule has 0 aliphatic heterocycles. The van der Waals surface area contributed by atoms with Gasteiger partial charge in [-0.25, -0.2) is 8.42 Å². The molecule has 0 saturated carbocycles. The molecule has 0 fully saturated rings. The fourth-order valence-corrected chi connectivity index (χ4v) is 3.60. The second-order valence-electron chi connectivity index (χ2n) is 5.94. The van der Waals surface area contributed by atoms with Crippen LogP contribution in [0.3, 0.4) is 0 Å². The Hall–Kier alpha value is -2.27. The summed E-state index contributed by atoms with van der Waals surface area (Å²) in [7, 11) is -2.01. The first kappa shape index (κ1) is 18.1. The zero-order valence-electron chi connectivity index (χ0n) is 14.7. The third-order valence-corrected chi connectivity index (χ3v) is 4.84. The van der Waals surface area contributed by atoms with Crippen LogP contribution in [0.4, 0.5) is 5.69 Å². The molecule has 2 rings (SSSR count). The van der Waals surface area contributed by atoms with Gasteiger partial charge in [0.2, 0.25) is 0 Å². The summed E-state index contributed by atoms with van der Waals surface area (Å²) >= 11 is 0. The van der Waals surface area contributed by atoms with Gasteiger partial charge >= 0.3 is 0 Å². The molecule has 24 heavy (non-hydrogen) atoms. The SMILES string of the molecule is COc1ccc(NS(=O)(=O)/C=C/c2c(C)cc(C)cc2C)c(C)c1. The zero-order valence-corrected chi connectivity index (χ0v) is 15.5. The van der Waals surface area contributed by atoms with Crippen LogP contribution in [-0.2, 0) is 10.0 Å². The van der Waals surface area contributed by atoms with Crippen molar-refractivity contribution in [2.45, 2.75) is 27.7 Å². The molecule has 1 N–H and O–H groups in total. The molecular formula is C19H23NO3S. The van der Waals surface area contributed by atoms with Gasteiger partial charge in [-0.05, 0) is 74.2 Å². The molecule has 2 aromatic rings. The van der Waals surface area contributed by atoms with Crippen LogP contribution in [0.25, 0.3) is 6.08 Å². The van der Waals surface area contributed by atoms with Gasteiger partial charge in [0, 0.05) is 0 Å². The summed E-state index contributed by atoms with van der Waals surface area (Å²) in [4.78, 5) is 0. The molecule has 0 heterocycles.